The Bertz CT molecular complexity index is 1000. The van der Waals surface area contributed by atoms with Crippen LogP contribution in [-0.4, -0.2) is 58.1 Å². The summed E-state index contributed by atoms with van der Waals surface area (Å²) in [6.07, 6.45) is 3.92. The van der Waals surface area contributed by atoms with Crippen LogP contribution in [0.3, 0.4) is 0 Å². The zero-order chi connectivity index (χ0) is 22.0. The van der Waals surface area contributed by atoms with Gasteiger partial charge in [0.2, 0.25) is 5.91 Å². The molecule has 6 nitrogen and oxygen atoms in total. The van der Waals surface area contributed by atoms with Gasteiger partial charge >= 0.3 is 0 Å². The first-order chi connectivity index (χ1) is 14.9. The van der Waals surface area contributed by atoms with Gasteiger partial charge < -0.3 is 14.6 Å². The highest BCUT2D eigenvalue weighted by Crippen LogP contribution is 2.34. The molecule has 1 N–H and O–H groups in total. The van der Waals surface area contributed by atoms with Gasteiger partial charge in [-0.1, -0.05) is 42.5 Å². The van der Waals surface area contributed by atoms with E-state index in [2.05, 4.69) is 11.0 Å². The molecular formula is C25H31N3O3. The molecule has 164 valence electrons. The number of hydrogen-bond acceptors (Lipinski definition) is 4. The van der Waals surface area contributed by atoms with Gasteiger partial charge in [-0.15, -0.1) is 0 Å². The molecule has 4 atom stereocenters. The molecule has 0 saturated carbocycles. The zero-order valence-electron chi connectivity index (χ0n) is 18.2. The number of aromatic nitrogens is 1. The summed E-state index contributed by atoms with van der Waals surface area (Å²) in [7, 11) is 1.73. The Labute approximate surface area is 183 Å². The molecule has 2 aliphatic rings. The van der Waals surface area contributed by atoms with Gasteiger partial charge in [0.25, 0.3) is 5.56 Å². The van der Waals surface area contributed by atoms with Gasteiger partial charge in [-0.05, 0) is 30.9 Å². The van der Waals surface area contributed by atoms with Gasteiger partial charge in [0.05, 0.1) is 12.1 Å². The van der Waals surface area contributed by atoms with Crippen molar-refractivity contribution in [3.63, 3.8) is 0 Å². The van der Waals surface area contributed by atoms with E-state index in [9.17, 15) is 14.7 Å². The Kier molecular flexibility index (Phi) is 6.39. The highest BCUT2D eigenvalue weighted by molar-refractivity contribution is 5.87. The molecule has 3 heterocycles. The van der Waals surface area contributed by atoms with Gasteiger partial charge in [0, 0.05) is 57.0 Å². The number of aliphatic hydroxyl groups is 1. The first-order valence-corrected chi connectivity index (χ1v) is 11.0. The summed E-state index contributed by atoms with van der Waals surface area (Å²) >= 11 is 0. The van der Waals surface area contributed by atoms with Crippen LogP contribution in [0.1, 0.15) is 36.6 Å². The minimum atomic E-state index is -0.728. The molecule has 31 heavy (non-hydrogen) atoms. The normalized spacial score (nSPS) is 22.7. The quantitative estimate of drug-likeness (QED) is 0.728. The summed E-state index contributed by atoms with van der Waals surface area (Å²) in [6, 6.07) is 14.7. The summed E-state index contributed by atoms with van der Waals surface area (Å²) in [6.45, 7) is 5.18. The largest absolute Gasteiger partial charge is 0.386 e. The second-order valence-electron chi connectivity index (χ2n) is 8.86. The van der Waals surface area contributed by atoms with Crippen LogP contribution in [0.5, 0.6) is 0 Å². The topological polar surface area (TPSA) is 65.8 Å². The fourth-order valence-electron chi connectivity index (χ4n) is 4.91. The van der Waals surface area contributed by atoms with Crippen LogP contribution in [-0.2, 0) is 11.3 Å². The summed E-state index contributed by atoms with van der Waals surface area (Å²) in [5, 5.41) is 10.6. The van der Waals surface area contributed by atoms with Crippen molar-refractivity contribution in [3.8, 4) is 0 Å². The lowest BCUT2D eigenvalue weighted by molar-refractivity contribution is -0.128. The number of rotatable bonds is 6. The van der Waals surface area contributed by atoms with Crippen LogP contribution >= 0.6 is 0 Å². The molecule has 0 aliphatic carbocycles. The summed E-state index contributed by atoms with van der Waals surface area (Å²) in [5.41, 5.74) is 2.04. The number of carbonyl (C=O) groups excluding carboxylic acids is 1. The maximum atomic E-state index is 12.6. The van der Waals surface area contributed by atoms with E-state index in [-0.39, 0.29) is 17.5 Å². The van der Waals surface area contributed by atoms with Crippen molar-refractivity contribution < 1.29 is 9.90 Å². The molecule has 0 radical (unpaired) electrons. The maximum Gasteiger partial charge on any atom is 0.250 e. The number of benzene rings is 1. The van der Waals surface area contributed by atoms with Crippen LogP contribution in [0.15, 0.2) is 65.5 Å². The van der Waals surface area contributed by atoms with E-state index < -0.39 is 6.10 Å². The summed E-state index contributed by atoms with van der Waals surface area (Å²) < 4.78 is 1.93. The van der Waals surface area contributed by atoms with Crippen molar-refractivity contribution in [1.29, 1.82) is 0 Å². The van der Waals surface area contributed by atoms with E-state index in [1.165, 1.54) is 0 Å². The number of carbonyl (C=O) groups is 1. The van der Waals surface area contributed by atoms with Crippen molar-refractivity contribution in [1.82, 2.24) is 14.4 Å². The standard InChI is InChI=1S/C25H31N3O3/c1-18(25(31)20-8-4-3-5-9-20)26(2)23(29)12-7-13-27-15-19-14-21(17-27)22-10-6-11-24(30)28(22)16-19/h3-12,18-19,21,25,31H,13-17H2,1-2H3. The molecule has 1 fully saturated rings. The molecule has 4 unspecified atom stereocenters. The molecule has 1 aromatic heterocycles. The molecule has 2 bridgehead atoms. The fraction of sp³-hybridized carbons (Fsp3) is 0.440. The molecule has 2 aliphatic heterocycles. The van der Waals surface area contributed by atoms with Gasteiger partial charge in [-0.25, -0.2) is 0 Å². The number of fused-ring (bicyclic) bond motifs is 4. The van der Waals surface area contributed by atoms with Gasteiger partial charge in [-0.2, -0.15) is 0 Å². The number of aliphatic hydroxyl groups excluding tert-OH is 1. The molecule has 4 rings (SSSR count). The van der Waals surface area contributed by atoms with Crippen LogP contribution in [0.25, 0.3) is 0 Å². The molecule has 2 aromatic rings. The van der Waals surface area contributed by atoms with E-state index in [1.54, 1.807) is 24.1 Å². The Morgan fingerprint density at radius 2 is 1.94 bits per heavy atom. The average molecular weight is 422 g/mol. The lowest BCUT2D eigenvalue weighted by atomic mass is 9.83. The van der Waals surface area contributed by atoms with E-state index in [0.717, 1.165) is 37.3 Å². The number of pyridine rings is 1. The minimum absolute atomic E-state index is 0.0981. The van der Waals surface area contributed by atoms with Crippen LogP contribution < -0.4 is 5.56 Å². The Balaban J connectivity index is 1.34. The molecular weight excluding hydrogens is 390 g/mol. The minimum Gasteiger partial charge on any atom is -0.386 e. The molecule has 1 saturated heterocycles. The summed E-state index contributed by atoms with van der Waals surface area (Å²) in [5.74, 6) is 0.727. The van der Waals surface area contributed by atoms with Crippen molar-refractivity contribution in [3.05, 3.63) is 82.3 Å². The predicted octanol–water partition coefficient (Wildman–Crippen LogP) is 2.40. The highest BCUT2D eigenvalue weighted by Gasteiger charge is 2.34. The second kappa shape index (κ2) is 9.20. The number of piperidine rings is 1. The van der Waals surface area contributed by atoms with E-state index in [1.807, 2.05) is 54.0 Å². The monoisotopic (exact) mass is 421 g/mol. The van der Waals surface area contributed by atoms with E-state index in [0.29, 0.717) is 18.4 Å². The molecule has 0 spiro atoms. The van der Waals surface area contributed by atoms with Crippen molar-refractivity contribution in [2.45, 2.75) is 38.0 Å². The lowest BCUT2D eigenvalue weighted by Crippen LogP contribution is -2.47. The Morgan fingerprint density at radius 1 is 1.16 bits per heavy atom. The zero-order valence-corrected chi connectivity index (χ0v) is 18.2. The number of nitrogens with zero attached hydrogens (tertiary/aromatic N) is 3. The van der Waals surface area contributed by atoms with Crippen LogP contribution in [0.4, 0.5) is 0 Å². The van der Waals surface area contributed by atoms with E-state index >= 15 is 0 Å². The van der Waals surface area contributed by atoms with Gasteiger partial charge in [-0.3, -0.25) is 14.5 Å². The third-order valence-electron chi connectivity index (χ3n) is 6.74. The predicted molar refractivity (Wildman–Crippen MR) is 121 cm³/mol. The smallest absolute Gasteiger partial charge is 0.250 e. The Morgan fingerprint density at radius 3 is 2.71 bits per heavy atom. The Hall–Kier alpha value is -2.70. The SMILES string of the molecule is CC(C(O)c1ccccc1)N(C)C(=O)C=CCN1CC2CC(C1)c1cccc(=O)n1C2. The van der Waals surface area contributed by atoms with Crippen molar-refractivity contribution >= 4 is 5.91 Å². The third kappa shape index (κ3) is 4.65. The van der Waals surface area contributed by atoms with Crippen LogP contribution in [0.2, 0.25) is 0 Å². The number of amides is 1. The third-order valence-corrected chi connectivity index (χ3v) is 6.74. The number of likely N-dealkylation sites (tertiary alicyclic amines) is 1. The van der Waals surface area contributed by atoms with Crippen LogP contribution in [0, 0.1) is 5.92 Å². The van der Waals surface area contributed by atoms with Gasteiger partial charge in [0.1, 0.15) is 0 Å². The first kappa shape index (κ1) is 21.5. The summed E-state index contributed by atoms with van der Waals surface area (Å²) in [4.78, 5) is 28.7. The number of likely N-dealkylation sites (N-methyl/N-ethyl adjacent to an activating group) is 1. The van der Waals surface area contributed by atoms with Crippen molar-refractivity contribution in [2.75, 3.05) is 26.7 Å². The lowest BCUT2D eigenvalue weighted by Gasteiger charge is -2.42. The second-order valence-corrected chi connectivity index (χ2v) is 8.86. The van der Waals surface area contributed by atoms with E-state index in [4.69, 9.17) is 0 Å². The van der Waals surface area contributed by atoms with Crippen molar-refractivity contribution in [2.24, 2.45) is 5.92 Å². The maximum absolute atomic E-state index is 12.6. The fourth-order valence-corrected chi connectivity index (χ4v) is 4.91. The molecule has 6 heteroatoms. The van der Waals surface area contributed by atoms with Gasteiger partial charge in [0.15, 0.2) is 0 Å². The molecule has 1 amide bonds. The average Bonchev–Trinajstić information content (AvgIpc) is 2.79. The first-order valence-electron chi connectivity index (χ1n) is 11.0. The molecule has 1 aromatic carbocycles. The highest BCUT2D eigenvalue weighted by atomic mass is 16.3. The number of hydrogen-bond donors (Lipinski definition) is 1.